The van der Waals surface area contributed by atoms with E-state index in [1.54, 1.807) is 0 Å². The Labute approximate surface area is 48.2 Å². The first-order valence-electron chi connectivity index (χ1n) is 2.00. The van der Waals surface area contributed by atoms with Crippen molar-refractivity contribution in [2.45, 2.75) is 12.2 Å². The average molecular weight is 110 g/mol. The number of aliphatic hydroxyl groups is 2. The van der Waals surface area contributed by atoms with Gasteiger partial charge in [-0.05, 0) is 0 Å². The summed E-state index contributed by atoms with van der Waals surface area (Å²) in [7, 11) is 0. The molecule has 0 bridgehead atoms. The summed E-state index contributed by atoms with van der Waals surface area (Å²) in [4.78, 5) is 0. The van der Waals surface area contributed by atoms with Crippen LogP contribution >= 0.6 is 0 Å². The SMILES string of the molecule is C#CC(O)C(O)C#C. The summed E-state index contributed by atoms with van der Waals surface area (Å²) in [5.41, 5.74) is 0. The molecule has 0 saturated carbocycles. The summed E-state index contributed by atoms with van der Waals surface area (Å²) in [6.07, 6.45) is 6.91. The van der Waals surface area contributed by atoms with Crippen LogP contribution in [0.15, 0.2) is 0 Å². The van der Waals surface area contributed by atoms with Gasteiger partial charge < -0.3 is 10.2 Å². The zero-order valence-corrected chi connectivity index (χ0v) is 4.20. The molecule has 0 radical (unpaired) electrons. The molecule has 2 nitrogen and oxygen atoms in total. The summed E-state index contributed by atoms with van der Waals surface area (Å²) < 4.78 is 0. The van der Waals surface area contributed by atoms with E-state index in [9.17, 15) is 0 Å². The highest BCUT2D eigenvalue weighted by Crippen LogP contribution is 1.86. The molecule has 2 heteroatoms. The normalized spacial score (nSPS) is 15.5. The molecule has 0 aliphatic carbocycles. The van der Waals surface area contributed by atoms with Gasteiger partial charge in [-0.1, -0.05) is 11.8 Å². The van der Waals surface area contributed by atoms with E-state index >= 15 is 0 Å². The van der Waals surface area contributed by atoms with Gasteiger partial charge in [-0.2, -0.15) is 0 Å². The molecule has 0 aliphatic rings. The van der Waals surface area contributed by atoms with Crippen LogP contribution in [0, 0.1) is 24.7 Å². The minimum atomic E-state index is -1.24. The van der Waals surface area contributed by atoms with Crippen molar-refractivity contribution >= 4 is 0 Å². The van der Waals surface area contributed by atoms with E-state index in [0.717, 1.165) is 0 Å². The van der Waals surface area contributed by atoms with Gasteiger partial charge in [0.15, 0.2) is 12.2 Å². The van der Waals surface area contributed by atoms with Gasteiger partial charge in [0.1, 0.15) is 0 Å². The number of hydrogen-bond acceptors (Lipinski definition) is 2. The van der Waals surface area contributed by atoms with Gasteiger partial charge in [0.25, 0.3) is 0 Å². The first-order valence-corrected chi connectivity index (χ1v) is 2.00. The van der Waals surface area contributed by atoms with E-state index in [4.69, 9.17) is 23.1 Å². The quantitative estimate of drug-likeness (QED) is 0.424. The summed E-state index contributed by atoms with van der Waals surface area (Å²) in [6.45, 7) is 0. The maximum Gasteiger partial charge on any atom is 0.151 e. The second-order valence-corrected chi connectivity index (χ2v) is 1.22. The topological polar surface area (TPSA) is 40.5 Å². The summed E-state index contributed by atoms with van der Waals surface area (Å²) >= 11 is 0. The van der Waals surface area contributed by atoms with E-state index in [0.29, 0.717) is 0 Å². The van der Waals surface area contributed by atoms with Crippen LogP contribution in [0.25, 0.3) is 0 Å². The first kappa shape index (κ1) is 7.04. The minimum Gasteiger partial charge on any atom is -0.377 e. The Morgan fingerprint density at radius 1 is 1.00 bits per heavy atom. The molecule has 0 amide bonds. The fraction of sp³-hybridized carbons (Fsp3) is 0.333. The Morgan fingerprint density at radius 3 is 1.38 bits per heavy atom. The predicted molar refractivity (Wildman–Crippen MR) is 29.7 cm³/mol. The molecule has 0 aromatic heterocycles. The highest BCUT2D eigenvalue weighted by Gasteiger charge is 2.07. The second-order valence-electron chi connectivity index (χ2n) is 1.22. The van der Waals surface area contributed by atoms with Crippen LogP contribution in [-0.4, -0.2) is 22.4 Å². The zero-order valence-electron chi connectivity index (χ0n) is 4.20. The van der Waals surface area contributed by atoms with Crippen molar-refractivity contribution in [3.63, 3.8) is 0 Å². The van der Waals surface area contributed by atoms with Gasteiger partial charge in [0, 0.05) is 0 Å². The van der Waals surface area contributed by atoms with Gasteiger partial charge >= 0.3 is 0 Å². The maximum absolute atomic E-state index is 8.50. The van der Waals surface area contributed by atoms with Crippen LogP contribution in [0.2, 0.25) is 0 Å². The fourth-order valence-electron chi connectivity index (χ4n) is 0.182. The van der Waals surface area contributed by atoms with Crippen LogP contribution in [0.1, 0.15) is 0 Å². The van der Waals surface area contributed by atoms with Crippen LogP contribution in [0.3, 0.4) is 0 Å². The summed E-state index contributed by atoms with van der Waals surface area (Å²) in [5.74, 6) is 3.76. The average Bonchev–Trinajstić information content (AvgIpc) is 1.84. The minimum absolute atomic E-state index is 1.24. The summed E-state index contributed by atoms with van der Waals surface area (Å²) in [6, 6.07) is 0. The van der Waals surface area contributed by atoms with Crippen molar-refractivity contribution in [1.82, 2.24) is 0 Å². The Hall–Kier alpha value is -0.960. The van der Waals surface area contributed by atoms with Gasteiger partial charge in [0.2, 0.25) is 0 Å². The molecule has 8 heavy (non-hydrogen) atoms. The summed E-state index contributed by atoms with van der Waals surface area (Å²) in [5, 5.41) is 17.0. The number of rotatable bonds is 1. The Kier molecular flexibility index (Phi) is 2.72. The molecule has 0 heterocycles. The highest BCUT2D eigenvalue weighted by atomic mass is 16.3. The van der Waals surface area contributed by atoms with E-state index in [-0.39, 0.29) is 0 Å². The Bertz CT molecular complexity index is 120. The van der Waals surface area contributed by atoms with Crippen LogP contribution in [0.4, 0.5) is 0 Å². The Morgan fingerprint density at radius 2 is 1.25 bits per heavy atom. The lowest BCUT2D eigenvalue weighted by Gasteiger charge is -2.02. The zero-order chi connectivity index (χ0) is 6.57. The molecular weight excluding hydrogens is 104 g/mol. The van der Waals surface area contributed by atoms with E-state index in [1.165, 1.54) is 0 Å². The number of terminal acetylenes is 2. The molecule has 0 fully saturated rings. The molecule has 0 aromatic rings. The van der Waals surface area contributed by atoms with Crippen LogP contribution in [0.5, 0.6) is 0 Å². The predicted octanol–water partition coefficient (Wildman–Crippen LogP) is -1.03. The third-order valence-corrected chi connectivity index (χ3v) is 0.641. The smallest absolute Gasteiger partial charge is 0.151 e. The molecule has 0 aliphatic heterocycles. The fourth-order valence-corrected chi connectivity index (χ4v) is 0.182. The highest BCUT2D eigenvalue weighted by molar-refractivity contribution is 5.08. The lowest BCUT2D eigenvalue weighted by Crippen LogP contribution is -2.21. The molecule has 0 saturated heterocycles. The molecule has 0 aromatic carbocycles. The van der Waals surface area contributed by atoms with Crippen molar-refractivity contribution in [2.24, 2.45) is 0 Å². The molecule has 0 spiro atoms. The molecule has 2 atom stereocenters. The number of hydrogen-bond donors (Lipinski definition) is 2. The molecule has 0 rings (SSSR count). The van der Waals surface area contributed by atoms with Crippen molar-refractivity contribution in [2.75, 3.05) is 0 Å². The molecule has 2 N–H and O–H groups in total. The lowest BCUT2D eigenvalue weighted by atomic mass is 10.2. The second kappa shape index (κ2) is 3.10. The lowest BCUT2D eigenvalue weighted by molar-refractivity contribution is 0.0934. The third kappa shape index (κ3) is 1.66. The monoisotopic (exact) mass is 110 g/mol. The molecule has 42 valence electrons. The van der Waals surface area contributed by atoms with Crippen molar-refractivity contribution < 1.29 is 10.2 Å². The van der Waals surface area contributed by atoms with E-state index < -0.39 is 12.2 Å². The van der Waals surface area contributed by atoms with Gasteiger partial charge in [0.05, 0.1) is 0 Å². The van der Waals surface area contributed by atoms with Crippen molar-refractivity contribution in [3.8, 4) is 24.7 Å². The van der Waals surface area contributed by atoms with Crippen LogP contribution in [-0.2, 0) is 0 Å². The molecule has 2 unspecified atom stereocenters. The molecular formula is C6H6O2. The van der Waals surface area contributed by atoms with E-state index in [2.05, 4.69) is 0 Å². The standard InChI is InChI=1S/C6H6O2/c1-3-5(7)6(8)4-2/h1-2,5-8H. The number of aliphatic hydroxyl groups excluding tert-OH is 2. The maximum atomic E-state index is 8.50. The van der Waals surface area contributed by atoms with Gasteiger partial charge in [-0.15, -0.1) is 12.8 Å². The first-order chi connectivity index (χ1) is 3.72. The van der Waals surface area contributed by atoms with Crippen molar-refractivity contribution in [3.05, 3.63) is 0 Å². The van der Waals surface area contributed by atoms with Crippen molar-refractivity contribution in [1.29, 1.82) is 0 Å². The largest absolute Gasteiger partial charge is 0.377 e. The Balaban J connectivity index is 3.72. The van der Waals surface area contributed by atoms with Gasteiger partial charge in [-0.3, -0.25) is 0 Å². The van der Waals surface area contributed by atoms with Gasteiger partial charge in [-0.25, -0.2) is 0 Å². The van der Waals surface area contributed by atoms with Crippen LogP contribution < -0.4 is 0 Å². The van der Waals surface area contributed by atoms with E-state index in [1.807, 2.05) is 11.8 Å². The third-order valence-electron chi connectivity index (χ3n) is 0.641.